The standard InChI is InChI=1S/C13H22N2O3S/c1-4-14-11(3)10-15-19(16,17)13-8-6-12(7-9-13)18-5-2/h6-9,11,14-15H,4-5,10H2,1-3H3/t11-/m1/s1. The molecule has 19 heavy (non-hydrogen) atoms. The smallest absolute Gasteiger partial charge is 0.240 e. The normalized spacial score (nSPS) is 13.2. The first-order chi connectivity index (χ1) is 8.99. The molecular weight excluding hydrogens is 264 g/mol. The van der Waals surface area contributed by atoms with Crippen LogP contribution in [0.15, 0.2) is 29.2 Å². The molecule has 0 saturated carbocycles. The Kier molecular flexibility index (Phi) is 6.27. The second-order valence-electron chi connectivity index (χ2n) is 4.22. The van der Waals surface area contributed by atoms with Crippen LogP contribution in [0.2, 0.25) is 0 Å². The third kappa shape index (κ3) is 5.18. The second kappa shape index (κ2) is 7.47. The molecule has 1 aromatic carbocycles. The third-order valence-corrected chi connectivity index (χ3v) is 4.02. The van der Waals surface area contributed by atoms with E-state index in [1.54, 1.807) is 24.3 Å². The van der Waals surface area contributed by atoms with Crippen LogP contribution in [0.25, 0.3) is 0 Å². The maximum atomic E-state index is 12.0. The molecule has 0 spiro atoms. The second-order valence-corrected chi connectivity index (χ2v) is 5.98. The SMILES string of the molecule is CCN[C@H](C)CNS(=O)(=O)c1ccc(OCC)cc1. The Morgan fingerprint density at radius 3 is 2.37 bits per heavy atom. The number of rotatable bonds is 8. The fraction of sp³-hybridized carbons (Fsp3) is 0.538. The van der Waals surface area contributed by atoms with Gasteiger partial charge in [-0.25, -0.2) is 13.1 Å². The molecule has 1 atom stereocenters. The predicted octanol–water partition coefficient (Wildman–Crippen LogP) is 1.36. The average Bonchev–Trinajstić information content (AvgIpc) is 2.38. The Morgan fingerprint density at radius 2 is 1.84 bits per heavy atom. The van der Waals surface area contributed by atoms with Crippen molar-refractivity contribution in [2.45, 2.75) is 31.7 Å². The molecule has 0 saturated heterocycles. The van der Waals surface area contributed by atoms with Gasteiger partial charge in [0.2, 0.25) is 10.0 Å². The summed E-state index contributed by atoms with van der Waals surface area (Å²) in [5, 5.41) is 3.15. The minimum Gasteiger partial charge on any atom is -0.494 e. The molecule has 0 radical (unpaired) electrons. The van der Waals surface area contributed by atoms with Crippen LogP contribution in [0.3, 0.4) is 0 Å². The summed E-state index contributed by atoms with van der Waals surface area (Å²) in [6.45, 7) is 7.54. The van der Waals surface area contributed by atoms with Gasteiger partial charge in [-0.15, -0.1) is 0 Å². The predicted molar refractivity (Wildman–Crippen MR) is 75.9 cm³/mol. The molecule has 1 rings (SSSR count). The van der Waals surface area contributed by atoms with Gasteiger partial charge in [0, 0.05) is 12.6 Å². The van der Waals surface area contributed by atoms with Crippen LogP contribution in [0.4, 0.5) is 0 Å². The van der Waals surface area contributed by atoms with Gasteiger partial charge in [0.05, 0.1) is 11.5 Å². The van der Waals surface area contributed by atoms with Crippen molar-refractivity contribution < 1.29 is 13.2 Å². The molecule has 5 nitrogen and oxygen atoms in total. The highest BCUT2D eigenvalue weighted by Crippen LogP contribution is 2.15. The fourth-order valence-corrected chi connectivity index (χ4v) is 2.75. The van der Waals surface area contributed by atoms with Crippen LogP contribution in [-0.2, 0) is 10.0 Å². The van der Waals surface area contributed by atoms with E-state index in [0.29, 0.717) is 18.9 Å². The molecular formula is C13H22N2O3S. The molecule has 0 aliphatic rings. The van der Waals surface area contributed by atoms with Gasteiger partial charge >= 0.3 is 0 Å². The van der Waals surface area contributed by atoms with E-state index in [9.17, 15) is 8.42 Å². The summed E-state index contributed by atoms with van der Waals surface area (Å²) in [4.78, 5) is 0.250. The highest BCUT2D eigenvalue weighted by Gasteiger charge is 2.14. The lowest BCUT2D eigenvalue weighted by Crippen LogP contribution is -2.38. The van der Waals surface area contributed by atoms with Crippen molar-refractivity contribution in [1.29, 1.82) is 0 Å². The van der Waals surface area contributed by atoms with E-state index in [1.807, 2.05) is 20.8 Å². The topological polar surface area (TPSA) is 67.4 Å². The summed E-state index contributed by atoms with van der Waals surface area (Å²) in [5.74, 6) is 0.669. The molecule has 0 unspecified atom stereocenters. The summed E-state index contributed by atoms with van der Waals surface area (Å²) in [6.07, 6.45) is 0. The molecule has 1 aromatic rings. The molecule has 0 bridgehead atoms. The first-order valence-electron chi connectivity index (χ1n) is 6.45. The number of hydrogen-bond acceptors (Lipinski definition) is 4. The van der Waals surface area contributed by atoms with Crippen molar-refractivity contribution in [2.75, 3.05) is 19.7 Å². The van der Waals surface area contributed by atoms with Gasteiger partial charge in [0.15, 0.2) is 0 Å². The van der Waals surface area contributed by atoms with Crippen molar-refractivity contribution in [3.63, 3.8) is 0 Å². The highest BCUT2D eigenvalue weighted by molar-refractivity contribution is 7.89. The van der Waals surface area contributed by atoms with Crippen LogP contribution in [0.1, 0.15) is 20.8 Å². The number of nitrogens with one attached hydrogen (secondary N) is 2. The van der Waals surface area contributed by atoms with Crippen molar-refractivity contribution in [1.82, 2.24) is 10.0 Å². The largest absolute Gasteiger partial charge is 0.494 e. The molecule has 0 aliphatic heterocycles. The van der Waals surface area contributed by atoms with E-state index in [-0.39, 0.29) is 10.9 Å². The van der Waals surface area contributed by atoms with Crippen LogP contribution in [-0.4, -0.2) is 34.2 Å². The fourth-order valence-electron chi connectivity index (χ4n) is 1.62. The number of likely N-dealkylation sites (N-methyl/N-ethyl adjacent to an activating group) is 1. The summed E-state index contributed by atoms with van der Waals surface area (Å²) in [7, 11) is -3.45. The Balaban J connectivity index is 2.66. The van der Waals surface area contributed by atoms with Gasteiger partial charge in [0.25, 0.3) is 0 Å². The number of ether oxygens (including phenoxy) is 1. The van der Waals surface area contributed by atoms with Crippen molar-refractivity contribution >= 4 is 10.0 Å². The van der Waals surface area contributed by atoms with Crippen LogP contribution < -0.4 is 14.8 Å². The number of hydrogen-bond donors (Lipinski definition) is 2. The van der Waals surface area contributed by atoms with Crippen molar-refractivity contribution in [2.24, 2.45) is 0 Å². The van der Waals surface area contributed by atoms with E-state index in [2.05, 4.69) is 10.0 Å². The van der Waals surface area contributed by atoms with Gasteiger partial charge in [-0.2, -0.15) is 0 Å². The molecule has 0 aliphatic carbocycles. The minimum atomic E-state index is -3.45. The zero-order valence-electron chi connectivity index (χ0n) is 11.6. The first kappa shape index (κ1) is 15.9. The van der Waals surface area contributed by atoms with Crippen LogP contribution in [0, 0.1) is 0 Å². The Labute approximate surface area is 115 Å². The van der Waals surface area contributed by atoms with E-state index in [4.69, 9.17) is 4.74 Å². The summed E-state index contributed by atoms with van der Waals surface area (Å²) >= 11 is 0. The number of sulfonamides is 1. The molecule has 0 heterocycles. The van der Waals surface area contributed by atoms with Crippen molar-refractivity contribution in [3.8, 4) is 5.75 Å². The highest BCUT2D eigenvalue weighted by atomic mass is 32.2. The monoisotopic (exact) mass is 286 g/mol. The van der Waals surface area contributed by atoms with E-state index >= 15 is 0 Å². The third-order valence-electron chi connectivity index (χ3n) is 2.58. The Morgan fingerprint density at radius 1 is 1.21 bits per heavy atom. The maximum Gasteiger partial charge on any atom is 0.240 e. The van der Waals surface area contributed by atoms with Gasteiger partial charge in [-0.05, 0) is 44.7 Å². The van der Waals surface area contributed by atoms with E-state index < -0.39 is 10.0 Å². The maximum absolute atomic E-state index is 12.0. The Bertz CT molecular complexity index is 471. The lowest BCUT2D eigenvalue weighted by molar-refractivity contribution is 0.340. The summed E-state index contributed by atoms with van der Waals surface area (Å²) in [6, 6.07) is 6.51. The van der Waals surface area contributed by atoms with Gasteiger partial charge < -0.3 is 10.1 Å². The molecule has 2 N–H and O–H groups in total. The summed E-state index contributed by atoms with van der Waals surface area (Å²) in [5.41, 5.74) is 0. The first-order valence-corrected chi connectivity index (χ1v) is 7.93. The summed E-state index contributed by atoms with van der Waals surface area (Å²) < 4.78 is 31.9. The quantitative estimate of drug-likeness (QED) is 0.757. The lowest BCUT2D eigenvalue weighted by Gasteiger charge is -2.13. The zero-order valence-corrected chi connectivity index (χ0v) is 12.5. The van der Waals surface area contributed by atoms with Gasteiger partial charge in [-0.1, -0.05) is 6.92 Å². The molecule has 0 fully saturated rings. The van der Waals surface area contributed by atoms with Crippen LogP contribution in [0.5, 0.6) is 5.75 Å². The zero-order chi connectivity index (χ0) is 14.3. The van der Waals surface area contributed by atoms with Gasteiger partial charge in [-0.3, -0.25) is 0 Å². The number of benzene rings is 1. The molecule has 108 valence electrons. The molecule has 0 amide bonds. The van der Waals surface area contributed by atoms with Crippen molar-refractivity contribution in [3.05, 3.63) is 24.3 Å². The van der Waals surface area contributed by atoms with Gasteiger partial charge in [0.1, 0.15) is 5.75 Å². The lowest BCUT2D eigenvalue weighted by atomic mass is 10.3. The molecule has 6 heteroatoms. The Hall–Kier alpha value is -1.11. The minimum absolute atomic E-state index is 0.0995. The average molecular weight is 286 g/mol. The molecule has 0 aromatic heterocycles. The van der Waals surface area contributed by atoms with E-state index in [1.165, 1.54) is 0 Å². The van der Waals surface area contributed by atoms with Crippen LogP contribution >= 0.6 is 0 Å². The van der Waals surface area contributed by atoms with E-state index in [0.717, 1.165) is 6.54 Å².